The largest absolute Gasteiger partial charge is 0.392 e. The van der Waals surface area contributed by atoms with Crippen molar-refractivity contribution >= 4 is 17.5 Å². The number of likely N-dealkylation sites (N-methyl/N-ethyl adjacent to an activating group) is 1. The van der Waals surface area contributed by atoms with Crippen LogP contribution < -0.4 is 10.8 Å². The molecule has 4 rings (SSSR count). The Bertz CT molecular complexity index is 1240. The van der Waals surface area contributed by atoms with Crippen molar-refractivity contribution in [3.05, 3.63) is 95.3 Å². The van der Waals surface area contributed by atoms with Gasteiger partial charge in [-0.2, -0.15) is 0 Å². The number of ether oxygens (including phenoxy) is 2. The van der Waals surface area contributed by atoms with Gasteiger partial charge in [0.2, 0.25) is 11.8 Å². The van der Waals surface area contributed by atoms with Gasteiger partial charge in [-0.05, 0) is 48.9 Å². The molecule has 1 fully saturated rings. The smallest absolute Gasteiger partial charge is 0.243 e. The topological polar surface area (TPSA) is 133 Å². The summed E-state index contributed by atoms with van der Waals surface area (Å²) in [7, 11) is 2.08. The maximum Gasteiger partial charge on any atom is 0.243 e. The molecule has 3 unspecified atom stereocenters. The number of carbonyl (C=O) groups excluding carboxylic acids is 2. The number of anilines is 1. The Morgan fingerprint density at radius 2 is 1.71 bits per heavy atom. The van der Waals surface area contributed by atoms with E-state index in [9.17, 15) is 14.7 Å². The van der Waals surface area contributed by atoms with Crippen molar-refractivity contribution in [2.75, 3.05) is 25.5 Å². The van der Waals surface area contributed by atoms with E-state index >= 15 is 0 Å². The number of nitrogens with zero attached hydrogens (tertiary/aromatic N) is 2. The SMILES string of the molecule is CN(CCc1ccccn1)CC1CC(c2ccc(CO)cc2)OC(c2ccc(NC(=O)CCCC(=O)NO)cc2)O1. The van der Waals surface area contributed by atoms with Crippen LogP contribution in [0, 0.1) is 0 Å². The lowest BCUT2D eigenvalue weighted by Gasteiger charge is -2.38. The van der Waals surface area contributed by atoms with Crippen LogP contribution in [0.2, 0.25) is 0 Å². The summed E-state index contributed by atoms with van der Waals surface area (Å²) in [6, 6.07) is 21.1. The second-order valence-electron chi connectivity index (χ2n) is 10.2. The molecule has 1 saturated heterocycles. The maximum atomic E-state index is 12.2. The van der Waals surface area contributed by atoms with Gasteiger partial charge in [-0.15, -0.1) is 0 Å². The zero-order chi connectivity index (χ0) is 29.0. The molecule has 41 heavy (non-hydrogen) atoms. The molecule has 218 valence electrons. The first-order valence-corrected chi connectivity index (χ1v) is 13.9. The highest BCUT2D eigenvalue weighted by Gasteiger charge is 2.32. The Morgan fingerprint density at radius 3 is 2.39 bits per heavy atom. The zero-order valence-electron chi connectivity index (χ0n) is 23.2. The number of aliphatic hydroxyl groups excluding tert-OH is 1. The zero-order valence-corrected chi connectivity index (χ0v) is 23.2. The molecule has 0 bridgehead atoms. The quantitative estimate of drug-likeness (QED) is 0.182. The van der Waals surface area contributed by atoms with Crippen molar-refractivity contribution in [3.63, 3.8) is 0 Å². The number of benzene rings is 2. The average Bonchev–Trinajstić information content (AvgIpc) is 3.00. The minimum Gasteiger partial charge on any atom is -0.392 e. The first-order valence-electron chi connectivity index (χ1n) is 13.9. The van der Waals surface area contributed by atoms with E-state index in [-0.39, 0.29) is 37.6 Å². The van der Waals surface area contributed by atoms with Gasteiger partial charge in [0.05, 0.1) is 18.8 Å². The minimum atomic E-state index is -0.595. The molecule has 0 spiro atoms. The van der Waals surface area contributed by atoms with Gasteiger partial charge in [0, 0.05) is 61.9 Å². The number of aromatic nitrogens is 1. The number of carbonyl (C=O) groups is 2. The van der Waals surface area contributed by atoms with E-state index in [1.165, 1.54) is 0 Å². The first-order chi connectivity index (χ1) is 19.9. The molecular weight excluding hydrogens is 524 g/mol. The molecule has 2 amide bonds. The molecule has 3 aromatic rings. The Labute approximate surface area is 240 Å². The first kappa shape index (κ1) is 30.3. The highest BCUT2D eigenvalue weighted by Crippen LogP contribution is 2.38. The molecule has 1 aromatic heterocycles. The van der Waals surface area contributed by atoms with E-state index in [0.717, 1.165) is 41.9 Å². The van der Waals surface area contributed by atoms with Crippen LogP contribution in [-0.4, -0.2) is 58.3 Å². The van der Waals surface area contributed by atoms with Gasteiger partial charge in [-0.25, -0.2) is 5.48 Å². The van der Waals surface area contributed by atoms with Crippen LogP contribution in [0.15, 0.2) is 72.9 Å². The van der Waals surface area contributed by atoms with Crippen molar-refractivity contribution in [2.24, 2.45) is 0 Å². The summed E-state index contributed by atoms with van der Waals surface area (Å²) in [6.07, 6.45) is 3.04. The Hall–Kier alpha value is -3.67. The minimum absolute atomic E-state index is 0.0118. The molecule has 4 N–H and O–H groups in total. The van der Waals surface area contributed by atoms with E-state index in [1.54, 1.807) is 17.6 Å². The van der Waals surface area contributed by atoms with E-state index < -0.39 is 12.2 Å². The Balaban J connectivity index is 1.40. The average molecular weight is 563 g/mol. The number of amides is 2. The molecule has 0 saturated carbocycles. The maximum absolute atomic E-state index is 12.2. The van der Waals surface area contributed by atoms with Gasteiger partial charge >= 0.3 is 0 Å². The molecular formula is C31H38N4O6. The third kappa shape index (κ3) is 9.44. The summed E-state index contributed by atoms with van der Waals surface area (Å²) in [5.41, 5.74) is 5.94. The van der Waals surface area contributed by atoms with Crippen molar-refractivity contribution < 1.29 is 29.4 Å². The summed E-state index contributed by atoms with van der Waals surface area (Å²) in [4.78, 5) is 30.0. The fourth-order valence-corrected chi connectivity index (χ4v) is 4.74. The third-order valence-corrected chi connectivity index (χ3v) is 7.01. The van der Waals surface area contributed by atoms with Crippen molar-refractivity contribution in [3.8, 4) is 0 Å². The molecule has 1 aliphatic rings. The number of pyridine rings is 1. The van der Waals surface area contributed by atoms with Crippen LogP contribution in [0.3, 0.4) is 0 Å². The molecule has 1 aliphatic heterocycles. The Kier molecular flexibility index (Phi) is 11.4. The van der Waals surface area contributed by atoms with Gasteiger partial charge in [-0.3, -0.25) is 19.8 Å². The summed E-state index contributed by atoms with van der Waals surface area (Å²) in [5.74, 6) is -0.733. The van der Waals surface area contributed by atoms with Crippen LogP contribution in [0.4, 0.5) is 5.69 Å². The van der Waals surface area contributed by atoms with Gasteiger partial charge in [0.1, 0.15) is 0 Å². The van der Waals surface area contributed by atoms with Crippen molar-refractivity contribution in [2.45, 2.75) is 57.2 Å². The van der Waals surface area contributed by atoms with Crippen LogP contribution in [0.5, 0.6) is 0 Å². The summed E-state index contributed by atoms with van der Waals surface area (Å²) >= 11 is 0. The monoisotopic (exact) mass is 562 g/mol. The number of hydroxylamine groups is 1. The predicted molar refractivity (Wildman–Crippen MR) is 153 cm³/mol. The van der Waals surface area contributed by atoms with E-state index in [0.29, 0.717) is 18.5 Å². The van der Waals surface area contributed by atoms with E-state index in [2.05, 4.69) is 22.2 Å². The van der Waals surface area contributed by atoms with Crippen LogP contribution >= 0.6 is 0 Å². The lowest BCUT2D eigenvalue weighted by molar-refractivity contribution is -0.252. The van der Waals surface area contributed by atoms with Gasteiger partial charge in [-0.1, -0.05) is 42.5 Å². The predicted octanol–water partition coefficient (Wildman–Crippen LogP) is 3.91. The molecule has 10 nitrogen and oxygen atoms in total. The van der Waals surface area contributed by atoms with Gasteiger partial charge in [0.15, 0.2) is 6.29 Å². The molecule has 0 aliphatic carbocycles. The lowest BCUT2D eigenvalue weighted by atomic mass is 9.99. The van der Waals surface area contributed by atoms with Gasteiger partial charge < -0.3 is 24.8 Å². The van der Waals surface area contributed by atoms with Crippen LogP contribution in [-0.2, 0) is 32.1 Å². The Morgan fingerprint density at radius 1 is 0.976 bits per heavy atom. The molecule has 3 atom stereocenters. The number of aliphatic hydroxyl groups is 1. The normalized spacial score (nSPS) is 18.7. The third-order valence-electron chi connectivity index (χ3n) is 7.01. The number of nitrogens with one attached hydrogen (secondary N) is 2. The van der Waals surface area contributed by atoms with Crippen LogP contribution in [0.1, 0.15) is 60.5 Å². The van der Waals surface area contributed by atoms with E-state index in [4.69, 9.17) is 14.7 Å². The second kappa shape index (κ2) is 15.4. The molecule has 10 heteroatoms. The number of hydrogen-bond acceptors (Lipinski definition) is 8. The molecule has 0 radical (unpaired) electrons. The fraction of sp³-hybridized carbons (Fsp3) is 0.387. The van der Waals surface area contributed by atoms with Gasteiger partial charge in [0.25, 0.3) is 0 Å². The highest BCUT2D eigenvalue weighted by molar-refractivity contribution is 5.91. The molecule has 2 heterocycles. The van der Waals surface area contributed by atoms with Crippen LogP contribution in [0.25, 0.3) is 0 Å². The highest BCUT2D eigenvalue weighted by atomic mass is 16.7. The fourth-order valence-electron chi connectivity index (χ4n) is 4.74. The lowest BCUT2D eigenvalue weighted by Crippen LogP contribution is -2.38. The van der Waals surface area contributed by atoms with Crippen molar-refractivity contribution in [1.82, 2.24) is 15.4 Å². The van der Waals surface area contributed by atoms with Crippen molar-refractivity contribution in [1.29, 1.82) is 0 Å². The second-order valence-corrected chi connectivity index (χ2v) is 10.2. The summed E-state index contributed by atoms with van der Waals surface area (Å²) in [6.45, 7) is 1.56. The summed E-state index contributed by atoms with van der Waals surface area (Å²) < 4.78 is 12.9. The standard InChI is InChI=1S/C31H38N4O6/c1-35(18-16-25-5-2-3-17-32-25)20-27-19-28(23-10-8-22(21-36)9-11-23)41-31(40-27)24-12-14-26(15-13-24)33-29(37)6-4-7-30(38)34-39/h2-3,5,8-15,17,27-28,31,36,39H,4,6-7,16,18-21H2,1H3,(H,33,37)(H,34,38). The molecule has 2 aromatic carbocycles. The summed E-state index contributed by atoms with van der Waals surface area (Å²) in [5, 5.41) is 20.8. The number of hydrogen-bond donors (Lipinski definition) is 4. The number of rotatable bonds is 13. The van der Waals surface area contributed by atoms with E-state index in [1.807, 2.05) is 60.8 Å².